The maximum atomic E-state index is 2.39. The van der Waals surface area contributed by atoms with Crippen molar-refractivity contribution in [2.75, 3.05) is 18.0 Å². The number of anilines is 1. The van der Waals surface area contributed by atoms with Crippen LogP contribution < -0.4 is 4.90 Å². The van der Waals surface area contributed by atoms with Gasteiger partial charge in [-0.1, -0.05) is 38.3 Å². The molecular formula is C16H27N. The monoisotopic (exact) mass is 233 g/mol. The van der Waals surface area contributed by atoms with Gasteiger partial charge in [0.25, 0.3) is 0 Å². The summed E-state index contributed by atoms with van der Waals surface area (Å²) in [6.07, 6.45) is 6.63. The van der Waals surface area contributed by atoms with Crippen molar-refractivity contribution in [2.24, 2.45) is 0 Å². The highest BCUT2D eigenvalue weighted by Gasteiger charge is 2.01. The Hall–Kier alpha value is -0.980. The molecule has 0 N–H and O–H groups in total. The van der Waals surface area contributed by atoms with E-state index in [4.69, 9.17) is 0 Å². The molecule has 0 fully saturated rings. The number of nitrogens with zero attached hydrogens (tertiary/aromatic N) is 1. The average molecular weight is 233 g/mol. The van der Waals surface area contributed by atoms with Crippen LogP contribution in [-0.2, 0) is 6.42 Å². The van der Waals surface area contributed by atoms with Gasteiger partial charge in [-0.2, -0.15) is 0 Å². The molecule has 0 aromatic heterocycles. The summed E-state index contributed by atoms with van der Waals surface area (Å²) in [6.45, 7) is 8.86. The Morgan fingerprint density at radius 1 is 0.824 bits per heavy atom. The molecule has 0 aliphatic heterocycles. The lowest BCUT2D eigenvalue weighted by atomic mass is 10.1. The average Bonchev–Trinajstić information content (AvgIpc) is 2.38. The fourth-order valence-corrected chi connectivity index (χ4v) is 2.22. The summed E-state index contributed by atoms with van der Waals surface area (Å²) in [7, 11) is 0. The first-order valence-corrected chi connectivity index (χ1v) is 7.15. The minimum absolute atomic E-state index is 1.09. The molecule has 0 unspecified atom stereocenters. The fraction of sp³-hybridized carbons (Fsp3) is 0.625. The second-order valence-electron chi connectivity index (χ2n) is 4.65. The van der Waals surface area contributed by atoms with Crippen LogP contribution in [-0.4, -0.2) is 13.1 Å². The van der Waals surface area contributed by atoms with Crippen LogP contribution in [0.5, 0.6) is 0 Å². The summed E-state index contributed by atoms with van der Waals surface area (Å²) in [4.78, 5) is 2.39. The molecule has 1 aromatic carbocycles. The van der Waals surface area contributed by atoms with E-state index in [1.54, 1.807) is 0 Å². The normalized spacial score (nSPS) is 10.5. The minimum Gasteiger partial charge on any atom is -0.372 e. The van der Waals surface area contributed by atoms with Crippen molar-refractivity contribution < 1.29 is 0 Å². The third kappa shape index (κ3) is 4.80. The Bertz CT molecular complexity index is 285. The van der Waals surface area contributed by atoms with Gasteiger partial charge < -0.3 is 4.90 Å². The molecule has 0 atom stereocenters. The van der Waals surface area contributed by atoms with Crippen LogP contribution in [0.4, 0.5) is 5.69 Å². The summed E-state index contributed by atoms with van der Waals surface area (Å²) in [5.41, 5.74) is 2.84. The van der Waals surface area contributed by atoms with Gasteiger partial charge in [0.1, 0.15) is 0 Å². The van der Waals surface area contributed by atoms with Gasteiger partial charge in [0, 0.05) is 18.8 Å². The molecule has 0 bridgehead atoms. The van der Waals surface area contributed by atoms with Crippen molar-refractivity contribution in [1.29, 1.82) is 0 Å². The second-order valence-corrected chi connectivity index (χ2v) is 4.65. The Kier molecular flexibility index (Phi) is 6.76. The molecule has 1 aromatic rings. The second kappa shape index (κ2) is 8.16. The van der Waals surface area contributed by atoms with E-state index in [-0.39, 0.29) is 0 Å². The minimum atomic E-state index is 1.09. The first kappa shape index (κ1) is 14.1. The molecule has 0 heterocycles. The molecule has 1 nitrogen and oxygen atoms in total. The smallest absolute Gasteiger partial charge is 0.0366 e. The molecule has 0 spiro atoms. The zero-order valence-corrected chi connectivity index (χ0v) is 11.7. The summed E-state index contributed by atoms with van der Waals surface area (Å²) >= 11 is 0. The predicted molar refractivity (Wildman–Crippen MR) is 77.8 cm³/mol. The Morgan fingerprint density at radius 2 is 1.47 bits per heavy atom. The maximum absolute atomic E-state index is 2.39. The number of benzene rings is 1. The topological polar surface area (TPSA) is 3.24 Å². The summed E-state index contributed by atoms with van der Waals surface area (Å²) in [6, 6.07) is 9.11. The van der Waals surface area contributed by atoms with Gasteiger partial charge in [0.05, 0.1) is 0 Å². The molecule has 1 heteroatoms. The predicted octanol–water partition coefficient (Wildman–Crippen LogP) is 4.66. The van der Waals surface area contributed by atoms with Gasteiger partial charge in [-0.25, -0.2) is 0 Å². The summed E-state index contributed by atoms with van der Waals surface area (Å²) in [5.74, 6) is 0. The molecule has 0 amide bonds. The molecule has 17 heavy (non-hydrogen) atoms. The van der Waals surface area contributed by atoms with Crippen LogP contribution in [0.15, 0.2) is 24.3 Å². The Balaban J connectivity index is 2.44. The van der Waals surface area contributed by atoms with Gasteiger partial charge >= 0.3 is 0 Å². The molecule has 0 aliphatic rings. The molecule has 0 saturated heterocycles. The zero-order chi connectivity index (χ0) is 12.5. The van der Waals surface area contributed by atoms with Gasteiger partial charge in [-0.15, -0.1) is 0 Å². The number of rotatable bonds is 8. The molecule has 96 valence electrons. The van der Waals surface area contributed by atoms with Crippen LogP contribution in [0.25, 0.3) is 0 Å². The highest BCUT2D eigenvalue weighted by Crippen LogP contribution is 2.16. The molecule has 1 rings (SSSR count). The lowest BCUT2D eigenvalue weighted by Gasteiger charge is -2.21. The Labute approximate surface area is 107 Å². The van der Waals surface area contributed by atoms with E-state index in [1.165, 1.54) is 43.4 Å². The highest BCUT2D eigenvalue weighted by molar-refractivity contribution is 5.47. The van der Waals surface area contributed by atoms with E-state index in [0.29, 0.717) is 0 Å². The van der Waals surface area contributed by atoms with Crippen molar-refractivity contribution in [3.63, 3.8) is 0 Å². The van der Waals surface area contributed by atoms with Crippen LogP contribution in [0.2, 0.25) is 0 Å². The van der Waals surface area contributed by atoms with Crippen molar-refractivity contribution in [2.45, 2.75) is 52.9 Å². The zero-order valence-electron chi connectivity index (χ0n) is 11.7. The third-order valence-electron chi connectivity index (χ3n) is 3.38. The number of unbranched alkanes of at least 4 members (excludes halogenated alkanes) is 3. The van der Waals surface area contributed by atoms with Crippen LogP contribution in [0, 0.1) is 0 Å². The van der Waals surface area contributed by atoms with Crippen molar-refractivity contribution in [3.8, 4) is 0 Å². The van der Waals surface area contributed by atoms with Crippen molar-refractivity contribution >= 4 is 5.69 Å². The number of aryl methyl sites for hydroxylation is 1. The standard InChI is InChI=1S/C16H27N/c1-4-7-8-9-10-15-11-13-16(14-12-15)17(5-2)6-3/h11-14H,4-10H2,1-3H3. The fourth-order valence-electron chi connectivity index (χ4n) is 2.22. The van der Waals surface area contributed by atoms with Crippen LogP contribution >= 0.6 is 0 Å². The lowest BCUT2D eigenvalue weighted by molar-refractivity contribution is 0.667. The molecule has 0 radical (unpaired) electrons. The molecule has 0 saturated carbocycles. The SMILES string of the molecule is CCCCCCc1ccc(N(CC)CC)cc1. The van der Waals surface area contributed by atoms with Gasteiger partial charge in [0.15, 0.2) is 0 Å². The summed E-state index contributed by atoms with van der Waals surface area (Å²) in [5, 5.41) is 0. The van der Waals surface area contributed by atoms with E-state index < -0.39 is 0 Å². The lowest BCUT2D eigenvalue weighted by Crippen LogP contribution is -2.21. The molecule has 0 aliphatic carbocycles. The van der Waals surface area contributed by atoms with E-state index >= 15 is 0 Å². The van der Waals surface area contributed by atoms with E-state index in [0.717, 1.165) is 13.1 Å². The quantitative estimate of drug-likeness (QED) is 0.590. The third-order valence-corrected chi connectivity index (χ3v) is 3.38. The first-order chi connectivity index (χ1) is 8.31. The van der Waals surface area contributed by atoms with E-state index in [9.17, 15) is 0 Å². The van der Waals surface area contributed by atoms with Crippen LogP contribution in [0.3, 0.4) is 0 Å². The van der Waals surface area contributed by atoms with Gasteiger partial charge in [0.2, 0.25) is 0 Å². The molecular weight excluding hydrogens is 206 g/mol. The summed E-state index contributed by atoms with van der Waals surface area (Å²) < 4.78 is 0. The van der Waals surface area contributed by atoms with E-state index in [1.807, 2.05) is 0 Å². The van der Waals surface area contributed by atoms with Crippen molar-refractivity contribution in [1.82, 2.24) is 0 Å². The number of hydrogen-bond acceptors (Lipinski definition) is 1. The van der Waals surface area contributed by atoms with Crippen molar-refractivity contribution in [3.05, 3.63) is 29.8 Å². The largest absolute Gasteiger partial charge is 0.372 e. The first-order valence-electron chi connectivity index (χ1n) is 7.15. The van der Waals surface area contributed by atoms with Gasteiger partial charge in [-0.05, 0) is 44.4 Å². The van der Waals surface area contributed by atoms with E-state index in [2.05, 4.69) is 49.9 Å². The highest BCUT2D eigenvalue weighted by atomic mass is 15.1. The Morgan fingerprint density at radius 3 is 2.00 bits per heavy atom. The van der Waals surface area contributed by atoms with Gasteiger partial charge in [-0.3, -0.25) is 0 Å². The van der Waals surface area contributed by atoms with Crippen LogP contribution in [0.1, 0.15) is 52.0 Å². The number of hydrogen-bond donors (Lipinski definition) is 0. The maximum Gasteiger partial charge on any atom is 0.0366 e.